The van der Waals surface area contributed by atoms with Crippen molar-refractivity contribution in [1.82, 2.24) is 10.2 Å². The van der Waals surface area contributed by atoms with Gasteiger partial charge in [0.05, 0.1) is 5.56 Å². The Morgan fingerprint density at radius 3 is 2.48 bits per heavy atom. The Morgan fingerprint density at radius 2 is 1.84 bits per heavy atom. The molecule has 0 bridgehead atoms. The quantitative estimate of drug-likeness (QED) is 0.620. The molecule has 1 saturated heterocycles. The highest BCUT2D eigenvalue weighted by Gasteiger charge is 2.31. The number of carbonyl (C=O) groups excluding carboxylic acids is 1. The molecule has 1 aromatic rings. The Bertz CT molecular complexity index is 694. The third kappa shape index (κ3) is 7.49. The molecule has 0 unspecified atom stereocenters. The van der Waals surface area contributed by atoms with Crippen LogP contribution in [0.25, 0.3) is 0 Å². The molecule has 0 atom stereocenters. The first-order valence-corrected chi connectivity index (χ1v) is 11.6. The summed E-state index contributed by atoms with van der Waals surface area (Å²) < 4.78 is 44.1. The molecule has 2 fully saturated rings. The van der Waals surface area contributed by atoms with Crippen molar-refractivity contribution in [2.75, 3.05) is 32.8 Å². The number of rotatable bonds is 8. The molecule has 1 amide bonds. The van der Waals surface area contributed by atoms with Gasteiger partial charge in [-0.3, -0.25) is 4.79 Å². The van der Waals surface area contributed by atoms with E-state index in [0.29, 0.717) is 12.5 Å². The van der Waals surface area contributed by atoms with Gasteiger partial charge >= 0.3 is 6.18 Å². The number of benzene rings is 1. The molecule has 1 aliphatic heterocycles. The van der Waals surface area contributed by atoms with Crippen LogP contribution < -0.4 is 5.32 Å². The maximum absolute atomic E-state index is 13.0. The van der Waals surface area contributed by atoms with E-state index in [9.17, 15) is 18.0 Å². The standard InChI is InChI=1S/C24H35F3N2O2/c1-2-31-17-23(30)28-22-8-6-18(7-9-22)10-13-29-14-11-19(12-15-29)20-4-3-5-21(16-20)24(25,26)27/h3-5,16,18-19,22H,2,6-15,17H2,1H3,(H,28,30). The lowest BCUT2D eigenvalue weighted by Gasteiger charge is -2.34. The van der Waals surface area contributed by atoms with Crippen LogP contribution in [0.2, 0.25) is 0 Å². The molecule has 174 valence electrons. The van der Waals surface area contributed by atoms with Crippen molar-refractivity contribution in [2.24, 2.45) is 5.92 Å². The monoisotopic (exact) mass is 440 g/mol. The molecular weight excluding hydrogens is 405 g/mol. The zero-order chi connectivity index (χ0) is 22.3. The van der Waals surface area contributed by atoms with Gasteiger partial charge in [-0.15, -0.1) is 0 Å². The summed E-state index contributed by atoms with van der Waals surface area (Å²) in [5.41, 5.74) is 0.274. The van der Waals surface area contributed by atoms with Gasteiger partial charge in [0.25, 0.3) is 0 Å². The zero-order valence-corrected chi connectivity index (χ0v) is 18.4. The number of alkyl halides is 3. The summed E-state index contributed by atoms with van der Waals surface area (Å²) in [5.74, 6) is 0.893. The molecule has 1 N–H and O–H groups in total. The molecular formula is C24H35F3N2O2. The van der Waals surface area contributed by atoms with E-state index in [2.05, 4.69) is 10.2 Å². The summed E-state index contributed by atoms with van der Waals surface area (Å²) in [7, 11) is 0. The van der Waals surface area contributed by atoms with E-state index >= 15 is 0 Å². The van der Waals surface area contributed by atoms with E-state index in [1.54, 1.807) is 0 Å². The lowest BCUT2D eigenvalue weighted by atomic mass is 9.83. The first kappa shape index (κ1) is 24.1. The molecule has 31 heavy (non-hydrogen) atoms. The Morgan fingerprint density at radius 1 is 1.13 bits per heavy atom. The molecule has 1 saturated carbocycles. The summed E-state index contributed by atoms with van der Waals surface area (Å²) in [5, 5.41) is 3.07. The highest BCUT2D eigenvalue weighted by Crippen LogP contribution is 2.34. The normalized spacial score (nSPS) is 23.6. The summed E-state index contributed by atoms with van der Waals surface area (Å²) in [6.45, 7) is 5.53. The number of amides is 1. The average molecular weight is 441 g/mol. The van der Waals surface area contributed by atoms with Gasteiger partial charge in [0, 0.05) is 12.6 Å². The van der Waals surface area contributed by atoms with Gasteiger partial charge in [0.15, 0.2) is 0 Å². The predicted octanol–water partition coefficient (Wildman–Crippen LogP) is 4.99. The van der Waals surface area contributed by atoms with Crippen LogP contribution in [-0.2, 0) is 15.7 Å². The lowest BCUT2D eigenvalue weighted by Crippen LogP contribution is -2.40. The Hall–Kier alpha value is -1.60. The SMILES string of the molecule is CCOCC(=O)NC1CCC(CCN2CCC(c3cccc(C(F)(F)F)c3)CC2)CC1. The Labute approximate surface area is 183 Å². The number of piperidine rings is 1. The molecule has 3 rings (SSSR count). The number of likely N-dealkylation sites (tertiary alicyclic amines) is 1. The third-order valence-corrected chi connectivity index (χ3v) is 6.78. The van der Waals surface area contributed by atoms with E-state index < -0.39 is 11.7 Å². The molecule has 2 aliphatic rings. The molecule has 1 aromatic carbocycles. The second-order valence-corrected chi connectivity index (χ2v) is 8.95. The van der Waals surface area contributed by atoms with E-state index in [4.69, 9.17) is 4.74 Å². The van der Waals surface area contributed by atoms with Crippen molar-refractivity contribution in [2.45, 2.75) is 70.0 Å². The highest BCUT2D eigenvalue weighted by molar-refractivity contribution is 5.77. The van der Waals surface area contributed by atoms with Crippen LogP contribution in [0.15, 0.2) is 24.3 Å². The topological polar surface area (TPSA) is 41.6 Å². The van der Waals surface area contributed by atoms with Gasteiger partial charge in [0.2, 0.25) is 5.91 Å². The zero-order valence-electron chi connectivity index (χ0n) is 18.4. The molecule has 0 spiro atoms. The van der Waals surface area contributed by atoms with Crippen molar-refractivity contribution in [1.29, 1.82) is 0 Å². The maximum Gasteiger partial charge on any atom is 0.416 e. The van der Waals surface area contributed by atoms with Crippen molar-refractivity contribution >= 4 is 5.91 Å². The maximum atomic E-state index is 13.0. The minimum Gasteiger partial charge on any atom is -0.372 e. The lowest BCUT2D eigenvalue weighted by molar-refractivity contribution is -0.137. The molecule has 1 aliphatic carbocycles. The third-order valence-electron chi connectivity index (χ3n) is 6.78. The second-order valence-electron chi connectivity index (χ2n) is 8.95. The number of nitrogens with zero attached hydrogens (tertiary/aromatic N) is 1. The van der Waals surface area contributed by atoms with Crippen LogP contribution in [-0.4, -0.2) is 49.7 Å². The fourth-order valence-corrected chi connectivity index (χ4v) is 4.88. The fraction of sp³-hybridized carbons (Fsp3) is 0.708. The number of hydrogen-bond acceptors (Lipinski definition) is 3. The van der Waals surface area contributed by atoms with Crippen LogP contribution in [0.1, 0.15) is 68.9 Å². The van der Waals surface area contributed by atoms with Crippen molar-refractivity contribution in [3.05, 3.63) is 35.4 Å². The van der Waals surface area contributed by atoms with E-state index in [1.807, 2.05) is 13.0 Å². The summed E-state index contributed by atoms with van der Waals surface area (Å²) in [6, 6.07) is 6.11. The van der Waals surface area contributed by atoms with Crippen molar-refractivity contribution in [3.8, 4) is 0 Å². The van der Waals surface area contributed by atoms with Crippen molar-refractivity contribution in [3.63, 3.8) is 0 Å². The van der Waals surface area contributed by atoms with E-state index in [0.717, 1.165) is 76.2 Å². The number of nitrogens with one attached hydrogen (secondary N) is 1. The average Bonchev–Trinajstić information content (AvgIpc) is 2.77. The van der Waals surface area contributed by atoms with Crippen molar-refractivity contribution < 1.29 is 22.7 Å². The number of carbonyl (C=O) groups is 1. The van der Waals surface area contributed by atoms with Crippen LogP contribution in [0, 0.1) is 5.92 Å². The van der Waals surface area contributed by atoms with Gasteiger partial charge in [-0.2, -0.15) is 13.2 Å². The molecule has 0 radical (unpaired) electrons. The molecule has 4 nitrogen and oxygen atoms in total. The van der Waals surface area contributed by atoms with Gasteiger partial charge in [0.1, 0.15) is 6.61 Å². The first-order valence-electron chi connectivity index (χ1n) is 11.6. The second kappa shape index (κ2) is 11.3. The first-order chi connectivity index (χ1) is 14.8. The van der Waals surface area contributed by atoms with Gasteiger partial charge < -0.3 is 15.0 Å². The number of ether oxygens (including phenoxy) is 1. The minimum atomic E-state index is -4.28. The summed E-state index contributed by atoms with van der Waals surface area (Å²) in [6.07, 6.45) is 3.05. The molecule has 7 heteroatoms. The van der Waals surface area contributed by atoms with Gasteiger partial charge in [-0.1, -0.05) is 18.2 Å². The van der Waals surface area contributed by atoms with Crippen LogP contribution in [0.3, 0.4) is 0 Å². The Kier molecular flexibility index (Phi) is 8.78. The Balaban J connectivity index is 1.35. The van der Waals surface area contributed by atoms with Crippen LogP contribution in [0.4, 0.5) is 13.2 Å². The van der Waals surface area contributed by atoms with E-state index in [-0.39, 0.29) is 24.5 Å². The number of halogens is 3. The molecule has 0 aromatic heterocycles. The molecule has 1 heterocycles. The van der Waals surface area contributed by atoms with Crippen LogP contribution in [0.5, 0.6) is 0 Å². The van der Waals surface area contributed by atoms with Gasteiger partial charge in [-0.05, 0) is 95.0 Å². The van der Waals surface area contributed by atoms with E-state index in [1.165, 1.54) is 12.1 Å². The van der Waals surface area contributed by atoms with Crippen LogP contribution >= 0.6 is 0 Å². The van der Waals surface area contributed by atoms with Gasteiger partial charge in [-0.25, -0.2) is 0 Å². The summed E-state index contributed by atoms with van der Waals surface area (Å²) in [4.78, 5) is 14.2. The largest absolute Gasteiger partial charge is 0.416 e. The highest BCUT2D eigenvalue weighted by atomic mass is 19.4. The number of hydrogen-bond donors (Lipinski definition) is 1. The fourth-order valence-electron chi connectivity index (χ4n) is 4.88. The minimum absolute atomic E-state index is 0.0195. The predicted molar refractivity (Wildman–Crippen MR) is 115 cm³/mol. The summed E-state index contributed by atoms with van der Waals surface area (Å²) >= 11 is 0. The smallest absolute Gasteiger partial charge is 0.372 e.